The fourth-order valence-electron chi connectivity index (χ4n) is 2.57. The number of Topliss-reactive ketones (excluding diaryl/α,β-unsaturated/α-hetero) is 1. The molecule has 0 aromatic rings. The summed E-state index contributed by atoms with van der Waals surface area (Å²) in [6.45, 7) is 2.10. The van der Waals surface area contributed by atoms with Crippen LogP contribution < -0.4 is 0 Å². The van der Waals surface area contributed by atoms with Crippen molar-refractivity contribution in [3.05, 3.63) is 12.2 Å². The van der Waals surface area contributed by atoms with Gasteiger partial charge in [0.1, 0.15) is 5.78 Å². The molecule has 2 atom stereocenters. The van der Waals surface area contributed by atoms with Gasteiger partial charge in [0.05, 0.1) is 0 Å². The first-order valence-corrected chi connectivity index (χ1v) is 6.52. The molecule has 0 unspecified atom stereocenters. The number of allylic oxidation sites excluding steroid dienone is 2. The average Bonchev–Trinajstić information content (AvgIpc) is 2.59. The number of rotatable bonds is 7. The highest BCUT2D eigenvalue weighted by Gasteiger charge is 2.31. The Morgan fingerprint density at radius 1 is 1.35 bits per heavy atom. The Morgan fingerprint density at radius 2 is 2.06 bits per heavy atom. The van der Waals surface area contributed by atoms with Gasteiger partial charge in [0.15, 0.2) is 0 Å². The number of ketones is 1. The zero-order valence-corrected chi connectivity index (χ0v) is 10.5. The lowest BCUT2D eigenvalue weighted by Gasteiger charge is -2.16. The standard InChI is InChI=1S/C14H22O3/c1-2-3-4-6-11-9-13(15)10-12(11)7-5-8-14(16)17/h3-4,11-12H,2,5-10H2,1H3,(H,16,17)/t11-,12-/m1/s1. The highest BCUT2D eigenvalue weighted by atomic mass is 16.4. The lowest BCUT2D eigenvalue weighted by atomic mass is 9.88. The van der Waals surface area contributed by atoms with E-state index in [9.17, 15) is 9.59 Å². The Morgan fingerprint density at radius 3 is 2.71 bits per heavy atom. The Hall–Kier alpha value is -1.12. The number of aliphatic carboxylic acids is 1. The van der Waals surface area contributed by atoms with Crippen LogP contribution in [0.4, 0.5) is 0 Å². The first-order chi connectivity index (χ1) is 8.13. The van der Waals surface area contributed by atoms with Crippen molar-refractivity contribution in [2.45, 2.75) is 51.9 Å². The van der Waals surface area contributed by atoms with Crippen molar-refractivity contribution in [3.8, 4) is 0 Å². The molecule has 0 heterocycles. The van der Waals surface area contributed by atoms with Crippen molar-refractivity contribution >= 4 is 11.8 Å². The van der Waals surface area contributed by atoms with Gasteiger partial charge in [-0.15, -0.1) is 0 Å². The minimum Gasteiger partial charge on any atom is -0.481 e. The van der Waals surface area contributed by atoms with Gasteiger partial charge in [0, 0.05) is 19.3 Å². The van der Waals surface area contributed by atoms with Crippen molar-refractivity contribution in [1.82, 2.24) is 0 Å². The quantitative estimate of drug-likeness (QED) is 0.693. The highest BCUT2D eigenvalue weighted by Crippen LogP contribution is 2.35. The summed E-state index contributed by atoms with van der Waals surface area (Å²) in [6, 6.07) is 0. The van der Waals surface area contributed by atoms with Crippen LogP contribution in [0.2, 0.25) is 0 Å². The van der Waals surface area contributed by atoms with Gasteiger partial charge in [0.2, 0.25) is 0 Å². The maximum Gasteiger partial charge on any atom is 0.303 e. The molecule has 0 amide bonds. The second kappa shape index (κ2) is 7.25. The van der Waals surface area contributed by atoms with Crippen LogP contribution >= 0.6 is 0 Å². The van der Waals surface area contributed by atoms with Crippen LogP contribution in [0.5, 0.6) is 0 Å². The zero-order valence-electron chi connectivity index (χ0n) is 10.5. The van der Waals surface area contributed by atoms with E-state index in [1.54, 1.807) is 0 Å². The summed E-state index contributed by atoms with van der Waals surface area (Å²) in [7, 11) is 0. The predicted octanol–water partition coefficient (Wildman–Crippen LogP) is 3.19. The van der Waals surface area contributed by atoms with Crippen molar-refractivity contribution in [2.24, 2.45) is 11.8 Å². The number of hydrogen-bond acceptors (Lipinski definition) is 2. The van der Waals surface area contributed by atoms with Gasteiger partial charge in [0.25, 0.3) is 0 Å². The van der Waals surface area contributed by atoms with E-state index in [0.717, 1.165) is 19.3 Å². The Bertz CT molecular complexity index is 294. The maximum atomic E-state index is 11.5. The number of carboxylic acids is 1. The van der Waals surface area contributed by atoms with Gasteiger partial charge >= 0.3 is 5.97 Å². The van der Waals surface area contributed by atoms with Crippen molar-refractivity contribution in [2.75, 3.05) is 0 Å². The molecule has 1 N–H and O–H groups in total. The molecule has 1 fully saturated rings. The maximum absolute atomic E-state index is 11.5. The number of carbonyl (C=O) groups excluding carboxylic acids is 1. The van der Waals surface area contributed by atoms with Gasteiger partial charge in [-0.05, 0) is 37.5 Å². The van der Waals surface area contributed by atoms with Crippen LogP contribution in [-0.4, -0.2) is 16.9 Å². The van der Waals surface area contributed by atoms with Crippen LogP contribution in [0, 0.1) is 11.8 Å². The summed E-state index contributed by atoms with van der Waals surface area (Å²) in [6.07, 6.45) is 9.44. The molecule has 1 saturated carbocycles. The van der Waals surface area contributed by atoms with Crippen LogP contribution in [0.1, 0.15) is 51.9 Å². The second-order valence-corrected chi connectivity index (χ2v) is 4.87. The van der Waals surface area contributed by atoms with Crippen LogP contribution in [0.3, 0.4) is 0 Å². The lowest BCUT2D eigenvalue weighted by molar-refractivity contribution is -0.137. The lowest BCUT2D eigenvalue weighted by Crippen LogP contribution is -2.08. The Labute approximate surface area is 103 Å². The molecular weight excluding hydrogens is 216 g/mol. The molecule has 17 heavy (non-hydrogen) atoms. The molecular formula is C14H22O3. The van der Waals surface area contributed by atoms with E-state index in [4.69, 9.17) is 5.11 Å². The Kier molecular flexibility index (Phi) is 5.95. The summed E-state index contributed by atoms with van der Waals surface area (Å²) in [5.41, 5.74) is 0. The molecule has 0 aliphatic heterocycles. The van der Waals surface area contributed by atoms with E-state index in [2.05, 4.69) is 19.1 Å². The van der Waals surface area contributed by atoms with Gasteiger partial charge in [-0.2, -0.15) is 0 Å². The van der Waals surface area contributed by atoms with E-state index in [1.165, 1.54) is 0 Å². The molecule has 0 spiro atoms. The van der Waals surface area contributed by atoms with E-state index < -0.39 is 5.97 Å². The summed E-state index contributed by atoms with van der Waals surface area (Å²) < 4.78 is 0. The zero-order chi connectivity index (χ0) is 12.7. The monoisotopic (exact) mass is 238 g/mol. The average molecular weight is 238 g/mol. The largest absolute Gasteiger partial charge is 0.481 e. The molecule has 0 saturated heterocycles. The predicted molar refractivity (Wildman–Crippen MR) is 66.8 cm³/mol. The minimum absolute atomic E-state index is 0.224. The number of carbonyl (C=O) groups is 2. The fraction of sp³-hybridized carbons (Fsp3) is 0.714. The Balaban J connectivity index is 2.36. The smallest absolute Gasteiger partial charge is 0.303 e. The number of hydrogen-bond donors (Lipinski definition) is 1. The molecule has 1 aliphatic rings. The van der Waals surface area contributed by atoms with E-state index in [-0.39, 0.29) is 6.42 Å². The summed E-state index contributed by atoms with van der Waals surface area (Å²) in [4.78, 5) is 21.9. The molecule has 0 aromatic carbocycles. The van der Waals surface area contributed by atoms with E-state index >= 15 is 0 Å². The van der Waals surface area contributed by atoms with Crippen molar-refractivity contribution in [3.63, 3.8) is 0 Å². The summed E-state index contributed by atoms with van der Waals surface area (Å²) in [5.74, 6) is 0.458. The minimum atomic E-state index is -0.739. The van der Waals surface area contributed by atoms with Gasteiger partial charge in [-0.1, -0.05) is 19.1 Å². The topological polar surface area (TPSA) is 54.4 Å². The molecule has 1 rings (SSSR count). The van der Waals surface area contributed by atoms with E-state index in [0.29, 0.717) is 36.9 Å². The molecule has 0 radical (unpaired) electrons. The van der Waals surface area contributed by atoms with Crippen LogP contribution in [0.15, 0.2) is 12.2 Å². The van der Waals surface area contributed by atoms with Gasteiger partial charge in [-0.3, -0.25) is 9.59 Å². The second-order valence-electron chi connectivity index (χ2n) is 4.87. The van der Waals surface area contributed by atoms with Crippen molar-refractivity contribution in [1.29, 1.82) is 0 Å². The van der Waals surface area contributed by atoms with Crippen LogP contribution in [0.25, 0.3) is 0 Å². The third kappa shape index (κ3) is 5.16. The summed E-state index contributed by atoms with van der Waals surface area (Å²) >= 11 is 0. The molecule has 0 aromatic heterocycles. The third-order valence-electron chi connectivity index (χ3n) is 3.45. The van der Waals surface area contributed by atoms with Gasteiger partial charge in [-0.25, -0.2) is 0 Å². The summed E-state index contributed by atoms with van der Waals surface area (Å²) in [5, 5.41) is 8.60. The molecule has 3 heteroatoms. The van der Waals surface area contributed by atoms with Crippen molar-refractivity contribution < 1.29 is 14.7 Å². The normalized spacial score (nSPS) is 24.6. The fourth-order valence-corrected chi connectivity index (χ4v) is 2.57. The highest BCUT2D eigenvalue weighted by molar-refractivity contribution is 5.81. The van der Waals surface area contributed by atoms with Crippen LogP contribution in [-0.2, 0) is 9.59 Å². The molecule has 3 nitrogen and oxygen atoms in total. The molecule has 96 valence electrons. The SMILES string of the molecule is CCC=CC[C@@H]1CC(=O)C[C@H]1CCCC(=O)O. The molecule has 1 aliphatic carbocycles. The van der Waals surface area contributed by atoms with Gasteiger partial charge < -0.3 is 5.11 Å². The third-order valence-corrected chi connectivity index (χ3v) is 3.45. The van der Waals surface area contributed by atoms with E-state index in [1.807, 2.05) is 0 Å². The number of carboxylic acid groups (broad SMARTS) is 1. The first kappa shape index (κ1) is 13.9. The first-order valence-electron chi connectivity index (χ1n) is 6.52. The molecule has 0 bridgehead atoms.